The van der Waals surface area contributed by atoms with Crippen LogP contribution in [0.4, 0.5) is 13.2 Å². The van der Waals surface area contributed by atoms with Crippen LogP contribution in [-0.4, -0.2) is 38.1 Å². The first kappa shape index (κ1) is 23.8. The molecule has 2 saturated carbocycles. The van der Waals surface area contributed by atoms with Crippen LogP contribution < -0.4 is 0 Å². The number of nitrogens with zero attached hydrogens (tertiary/aromatic N) is 1. The largest absolute Gasteiger partial charge is 0.436 e. The van der Waals surface area contributed by atoms with Crippen LogP contribution >= 0.6 is 11.8 Å². The molecule has 2 aliphatic rings. The third-order valence-electron chi connectivity index (χ3n) is 6.65. The summed E-state index contributed by atoms with van der Waals surface area (Å²) in [5.41, 5.74) is -2.69. The predicted octanol–water partition coefficient (Wildman–Crippen LogP) is 5.08. The van der Waals surface area contributed by atoms with Gasteiger partial charge in [0.05, 0.1) is 5.41 Å². The van der Waals surface area contributed by atoms with E-state index in [0.717, 1.165) is 4.90 Å². The molecule has 1 aromatic rings. The third kappa shape index (κ3) is 4.69. The third-order valence-corrected chi connectivity index (χ3v) is 8.54. The van der Waals surface area contributed by atoms with E-state index in [9.17, 15) is 26.4 Å². The van der Waals surface area contributed by atoms with Gasteiger partial charge in [-0.25, -0.2) is 0 Å². The van der Waals surface area contributed by atoms with Gasteiger partial charge in [0.2, 0.25) is 0 Å². The Morgan fingerprint density at radius 1 is 1.29 bits per heavy atom. The second-order valence-corrected chi connectivity index (χ2v) is 11.0. The van der Waals surface area contributed by atoms with E-state index in [4.69, 9.17) is 0 Å². The van der Waals surface area contributed by atoms with Gasteiger partial charge in [-0.15, -0.1) is 11.8 Å². The summed E-state index contributed by atoms with van der Waals surface area (Å²) in [7, 11) is -4.51. The van der Waals surface area contributed by atoms with Crippen LogP contribution in [0.25, 0.3) is 6.08 Å². The number of alkyl halides is 3. The summed E-state index contributed by atoms with van der Waals surface area (Å²) in [6, 6.07) is 6.78. The van der Waals surface area contributed by atoms with Crippen LogP contribution in [0.1, 0.15) is 38.7 Å². The molecule has 2 fully saturated rings. The van der Waals surface area contributed by atoms with Crippen LogP contribution in [0.5, 0.6) is 0 Å². The first-order valence-electron chi connectivity index (χ1n) is 9.73. The fourth-order valence-electron chi connectivity index (χ4n) is 4.60. The number of thioether (sulfide) groups is 1. The number of benzene rings is 1. The Kier molecular flexibility index (Phi) is 6.36. The van der Waals surface area contributed by atoms with E-state index in [1.165, 1.54) is 17.8 Å². The van der Waals surface area contributed by atoms with Crippen LogP contribution in [0.3, 0.4) is 0 Å². The van der Waals surface area contributed by atoms with Gasteiger partial charge in [0.1, 0.15) is 11.5 Å². The summed E-state index contributed by atoms with van der Waals surface area (Å²) >= 11 is 1.50. The molecule has 0 saturated heterocycles. The van der Waals surface area contributed by atoms with Crippen molar-refractivity contribution in [1.82, 2.24) is 0 Å². The van der Waals surface area contributed by atoms with Crippen LogP contribution in [0.2, 0.25) is 0 Å². The van der Waals surface area contributed by atoms with Gasteiger partial charge in [0, 0.05) is 11.3 Å². The second kappa shape index (κ2) is 8.27. The topological polar surface area (TPSA) is 72.8 Å². The zero-order chi connectivity index (χ0) is 23.1. The molecule has 170 valence electrons. The van der Waals surface area contributed by atoms with Crippen molar-refractivity contribution in [3.63, 3.8) is 0 Å². The van der Waals surface area contributed by atoms with E-state index in [1.54, 1.807) is 24.3 Å². The Hall–Kier alpha value is -1.81. The first-order chi connectivity index (χ1) is 14.3. The van der Waals surface area contributed by atoms with Gasteiger partial charge in [-0.2, -0.15) is 21.6 Å². The van der Waals surface area contributed by atoms with Crippen molar-refractivity contribution in [3.8, 4) is 0 Å². The molecule has 2 bridgehead atoms. The summed E-state index contributed by atoms with van der Waals surface area (Å²) in [5.74, 6) is -0.768. The van der Waals surface area contributed by atoms with Crippen molar-refractivity contribution in [1.29, 1.82) is 0 Å². The smallest absolute Gasteiger partial charge is 0.299 e. The van der Waals surface area contributed by atoms with Crippen molar-refractivity contribution < 1.29 is 30.7 Å². The average Bonchev–Trinajstić information content (AvgIpc) is 3.01. The Morgan fingerprint density at radius 3 is 2.42 bits per heavy atom. The summed E-state index contributed by atoms with van der Waals surface area (Å²) in [6.45, 7) is 3.67. The monoisotopic (exact) mass is 475 g/mol. The summed E-state index contributed by atoms with van der Waals surface area (Å²) in [4.78, 5) is 13.5. The minimum Gasteiger partial charge on any atom is -0.299 e. The average molecular weight is 476 g/mol. The number of hydrogen-bond acceptors (Lipinski definition) is 6. The van der Waals surface area contributed by atoms with Gasteiger partial charge in [0.15, 0.2) is 5.71 Å². The lowest BCUT2D eigenvalue weighted by Crippen LogP contribution is -2.42. The summed E-state index contributed by atoms with van der Waals surface area (Å²) in [5, 5.41) is 2.91. The van der Waals surface area contributed by atoms with Gasteiger partial charge in [-0.1, -0.05) is 37.2 Å². The highest BCUT2D eigenvalue weighted by atomic mass is 32.2. The normalized spacial score (nSPS) is 26.1. The highest BCUT2D eigenvalue weighted by Gasteiger charge is 2.65. The van der Waals surface area contributed by atoms with Gasteiger partial charge >= 0.3 is 16.3 Å². The highest BCUT2D eigenvalue weighted by Crippen LogP contribution is 2.64. The van der Waals surface area contributed by atoms with Crippen molar-refractivity contribution in [3.05, 3.63) is 35.9 Å². The molecule has 0 radical (unpaired) electrons. The molecule has 2 unspecified atom stereocenters. The Balaban J connectivity index is 1.80. The number of carbonyl (C=O) groups is 1. The molecule has 2 atom stereocenters. The molecular formula is C21H24F3NO4S2. The van der Waals surface area contributed by atoms with E-state index >= 15 is 0 Å². The van der Waals surface area contributed by atoms with Gasteiger partial charge in [0.25, 0.3) is 0 Å². The maximum absolute atomic E-state index is 13.3. The molecule has 5 nitrogen and oxygen atoms in total. The molecule has 0 aliphatic heterocycles. The number of halogens is 3. The second-order valence-electron chi connectivity index (χ2n) is 8.52. The number of rotatable bonds is 7. The highest BCUT2D eigenvalue weighted by molar-refractivity contribution is 7.98. The number of Topliss-reactive ketones (excluding diaryl/α,β-unsaturated/α-hetero) is 1. The molecule has 0 amide bonds. The SMILES string of the molecule is CSc1ccc(C=CC(=NOS(=O)(=O)CC23CCC(CC2=O)C3(C)C)C(F)(F)F)cc1. The van der Waals surface area contributed by atoms with E-state index < -0.39 is 38.6 Å². The molecule has 0 N–H and O–H groups in total. The predicted molar refractivity (Wildman–Crippen MR) is 114 cm³/mol. The lowest BCUT2D eigenvalue weighted by atomic mass is 9.70. The quantitative estimate of drug-likeness (QED) is 0.312. The molecule has 0 heterocycles. The molecule has 2 aliphatic carbocycles. The Bertz CT molecular complexity index is 1010. The zero-order valence-corrected chi connectivity index (χ0v) is 19.0. The minimum atomic E-state index is -4.91. The standard InChI is InChI=1S/C21H24F3NO4S2/c1-19(2)15-10-11-20(19,18(26)12-15)13-31(27,28)29-25-17(21(22,23)24)9-6-14-4-7-16(30-3)8-5-14/h4-9,15H,10-13H2,1-3H3. The lowest BCUT2D eigenvalue weighted by molar-refractivity contribution is -0.128. The van der Waals surface area contributed by atoms with Crippen molar-refractivity contribution in [2.45, 2.75) is 44.2 Å². The summed E-state index contributed by atoms with van der Waals surface area (Å²) in [6.07, 6.45) is 0.191. The van der Waals surface area contributed by atoms with Crippen molar-refractivity contribution in [2.75, 3.05) is 12.0 Å². The number of allylic oxidation sites excluding steroid dienone is 1. The lowest BCUT2D eigenvalue weighted by Gasteiger charge is -2.35. The minimum absolute atomic E-state index is 0.0740. The molecule has 31 heavy (non-hydrogen) atoms. The number of ketones is 1. The number of carbonyl (C=O) groups excluding carboxylic acids is 1. The maximum atomic E-state index is 13.3. The molecule has 1 aromatic carbocycles. The number of fused-ring (bicyclic) bond motifs is 2. The van der Waals surface area contributed by atoms with E-state index in [2.05, 4.69) is 9.44 Å². The van der Waals surface area contributed by atoms with Gasteiger partial charge < -0.3 is 0 Å². The number of oxime groups is 1. The van der Waals surface area contributed by atoms with Crippen LogP contribution in [0, 0.1) is 16.7 Å². The summed E-state index contributed by atoms with van der Waals surface area (Å²) < 4.78 is 69.5. The Morgan fingerprint density at radius 2 is 1.94 bits per heavy atom. The molecule has 10 heteroatoms. The molecular weight excluding hydrogens is 451 g/mol. The molecule has 0 spiro atoms. The van der Waals surface area contributed by atoms with Crippen molar-refractivity contribution in [2.24, 2.45) is 21.9 Å². The fourth-order valence-corrected chi connectivity index (χ4v) is 6.54. The number of hydrogen-bond donors (Lipinski definition) is 0. The van der Waals surface area contributed by atoms with Crippen LogP contribution in [-0.2, 0) is 19.2 Å². The van der Waals surface area contributed by atoms with Gasteiger partial charge in [-0.3, -0.25) is 9.08 Å². The zero-order valence-electron chi connectivity index (χ0n) is 17.4. The Labute approximate surface area is 184 Å². The van der Waals surface area contributed by atoms with Crippen molar-refractivity contribution >= 4 is 39.5 Å². The van der Waals surface area contributed by atoms with E-state index in [1.807, 2.05) is 20.1 Å². The van der Waals surface area contributed by atoms with Crippen LogP contribution in [0.15, 0.2) is 40.4 Å². The van der Waals surface area contributed by atoms with E-state index in [0.29, 0.717) is 24.5 Å². The van der Waals surface area contributed by atoms with E-state index in [-0.39, 0.29) is 18.1 Å². The molecule has 0 aromatic heterocycles. The molecule has 3 rings (SSSR count). The maximum Gasteiger partial charge on any atom is 0.436 e. The van der Waals surface area contributed by atoms with Gasteiger partial charge in [-0.05, 0) is 54.2 Å². The first-order valence-corrected chi connectivity index (χ1v) is 12.5. The fraction of sp³-hybridized carbons (Fsp3) is 0.524.